The quantitative estimate of drug-likeness (QED) is 0.616. The number of nitrogens with one attached hydrogen (secondary N) is 1. The van der Waals surface area contributed by atoms with Gasteiger partial charge in [0.25, 0.3) is 0 Å². The number of hydrogen-bond donors (Lipinski definition) is 4. The molecule has 140 valence electrons. The lowest BCUT2D eigenvalue weighted by atomic mass is 9.91. The van der Waals surface area contributed by atoms with Gasteiger partial charge in [0.05, 0.1) is 11.3 Å². The smallest absolute Gasteiger partial charge is 0.159 e. The van der Waals surface area contributed by atoms with Crippen LogP contribution in [0.1, 0.15) is 18.4 Å². The first-order valence-electron chi connectivity index (χ1n) is 9.37. The minimum Gasteiger partial charge on any atom is -0.390 e. The first-order valence-corrected chi connectivity index (χ1v) is 9.37. The fourth-order valence-corrected chi connectivity index (χ4v) is 4.76. The van der Waals surface area contributed by atoms with Crippen molar-refractivity contribution in [3.63, 3.8) is 0 Å². The predicted octanol–water partition coefficient (Wildman–Crippen LogP) is 0.497. The van der Waals surface area contributed by atoms with Crippen molar-refractivity contribution in [2.45, 2.75) is 37.2 Å². The first kappa shape index (κ1) is 17.7. The van der Waals surface area contributed by atoms with Crippen molar-refractivity contribution in [3.05, 3.63) is 48.0 Å². The van der Waals surface area contributed by atoms with Crippen LogP contribution in [0.3, 0.4) is 0 Å². The fourth-order valence-electron chi connectivity index (χ4n) is 4.76. The molecule has 1 saturated heterocycles. The normalized spacial score (nSPS) is 35.0. The van der Waals surface area contributed by atoms with Crippen molar-refractivity contribution in [3.8, 4) is 0 Å². The third-order valence-electron chi connectivity index (χ3n) is 5.86. The Morgan fingerprint density at radius 1 is 1.19 bits per heavy atom. The highest BCUT2D eigenvalue weighted by Crippen LogP contribution is 2.45. The highest BCUT2D eigenvalue weighted by Gasteiger charge is 2.48. The van der Waals surface area contributed by atoms with E-state index in [-0.39, 0.29) is 0 Å². The summed E-state index contributed by atoms with van der Waals surface area (Å²) in [6.45, 7) is 2.35. The zero-order chi connectivity index (χ0) is 18.1. The molecule has 1 aromatic carbocycles. The van der Waals surface area contributed by atoms with Crippen LogP contribution in [0.15, 0.2) is 47.6 Å². The van der Waals surface area contributed by atoms with Crippen LogP contribution in [0.5, 0.6) is 0 Å². The number of fused-ring (bicyclic) bond motifs is 1. The molecular formula is C20H27N3O3. The Balaban J connectivity index is 1.30. The van der Waals surface area contributed by atoms with Crippen LogP contribution < -0.4 is 5.43 Å². The molecule has 2 unspecified atom stereocenters. The average molecular weight is 357 g/mol. The second-order valence-electron chi connectivity index (χ2n) is 8.02. The standard InChI is InChI=1S/C20H27N3O3/c24-18(17-6-7-19(25)22-21-17)13-23-11-15-9-20(26,10-16(15)12-23)8-14-4-2-1-3-5-14/h1-7,15-16,18-19,22,24-26H,8-13H2/t15-,16+,18?,19?,20-. The number of aliphatic hydroxyl groups excluding tert-OH is 2. The lowest BCUT2D eigenvalue weighted by Gasteiger charge is -2.27. The molecule has 4 N–H and O–H groups in total. The van der Waals surface area contributed by atoms with Crippen molar-refractivity contribution < 1.29 is 15.3 Å². The van der Waals surface area contributed by atoms with E-state index < -0.39 is 17.9 Å². The zero-order valence-corrected chi connectivity index (χ0v) is 14.8. The molecule has 6 nitrogen and oxygen atoms in total. The molecule has 26 heavy (non-hydrogen) atoms. The van der Waals surface area contributed by atoms with Crippen LogP contribution in [-0.2, 0) is 6.42 Å². The molecule has 0 spiro atoms. The largest absolute Gasteiger partial charge is 0.390 e. The Morgan fingerprint density at radius 3 is 2.50 bits per heavy atom. The van der Waals surface area contributed by atoms with Gasteiger partial charge in [-0.05, 0) is 42.4 Å². The van der Waals surface area contributed by atoms with Crippen molar-refractivity contribution in [1.29, 1.82) is 0 Å². The highest BCUT2D eigenvalue weighted by atomic mass is 16.3. The van der Waals surface area contributed by atoms with E-state index in [1.165, 1.54) is 5.56 Å². The Hall–Kier alpha value is -1.73. The van der Waals surface area contributed by atoms with E-state index in [1.807, 2.05) is 18.2 Å². The fraction of sp³-hybridized carbons (Fsp3) is 0.550. The van der Waals surface area contributed by atoms with Crippen molar-refractivity contribution in [2.75, 3.05) is 19.6 Å². The topological polar surface area (TPSA) is 88.3 Å². The predicted molar refractivity (Wildman–Crippen MR) is 99.5 cm³/mol. The van der Waals surface area contributed by atoms with Gasteiger partial charge < -0.3 is 15.3 Å². The van der Waals surface area contributed by atoms with Gasteiger partial charge in [0.2, 0.25) is 0 Å². The van der Waals surface area contributed by atoms with Gasteiger partial charge in [0, 0.05) is 26.1 Å². The SMILES string of the molecule is OC1C=CC(C(O)CN2C[C@@H]3C[C@@](O)(Cc4ccccc4)C[C@@H]3C2)=NN1. The number of hydrogen-bond acceptors (Lipinski definition) is 6. The maximum Gasteiger partial charge on any atom is 0.159 e. The summed E-state index contributed by atoms with van der Waals surface area (Å²) in [6, 6.07) is 10.2. The molecule has 0 bridgehead atoms. The number of rotatable bonds is 5. The van der Waals surface area contributed by atoms with E-state index in [0.717, 1.165) is 32.4 Å². The molecule has 2 aliphatic heterocycles. The summed E-state index contributed by atoms with van der Waals surface area (Å²) in [7, 11) is 0. The van der Waals surface area contributed by atoms with Gasteiger partial charge in [0.1, 0.15) is 6.10 Å². The zero-order valence-electron chi connectivity index (χ0n) is 14.8. The first-order chi connectivity index (χ1) is 12.5. The summed E-state index contributed by atoms with van der Waals surface area (Å²) in [6.07, 6.45) is 4.17. The van der Waals surface area contributed by atoms with Crippen LogP contribution in [0.4, 0.5) is 0 Å². The summed E-state index contributed by atoms with van der Waals surface area (Å²) in [4.78, 5) is 2.27. The molecule has 1 saturated carbocycles. The molecule has 0 amide bonds. The minimum atomic E-state index is -0.778. The number of β-amino-alcohol motifs (C(OH)–C–C–N with tert-alkyl or cyclic N) is 1. The van der Waals surface area contributed by atoms with Gasteiger partial charge in [-0.1, -0.05) is 30.3 Å². The van der Waals surface area contributed by atoms with Crippen LogP contribution >= 0.6 is 0 Å². The summed E-state index contributed by atoms with van der Waals surface area (Å²) in [5.41, 5.74) is 3.70. The molecule has 3 aliphatic rings. The monoisotopic (exact) mass is 357 g/mol. The molecule has 6 heteroatoms. The van der Waals surface area contributed by atoms with Crippen molar-refractivity contribution in [1.82, 2.24) is 10.3 Å². The molecule has 4 rings (SSSR count). The average Bonchev–Trinajstić information content (AvgIpc) is 3.10. The maximum atomic E-state index is 11.0. The van der Waals surface area contributed by atoms with Crippen LogP contribution in [0.2, 0.25) is 0 Å². The number of hydrazone groups is 1. The molecule has 5 atom stereocenters. The molecule has 1 aromatic rings. The van der Waals surface area contributed by atoms with Gasteiger partial charge in [-0.3, -0.25) is 10.3 Å². The maximum absolute atomic E-state index is 11.0. The van der Waals surface area contributed by atoms with Gasteiger partial charge in [0.15, 0.2) is 6.23 Å². The van der Waals surface area contributed by atoms with E-state index in [9.17, 15) is 15.3 Å². The Kier molecular flexibility index (Phi) is 4.84. The lowest BCUT2D eigenvalue weighted by molar-refractivity contribution is 0.0342. The Morgan fingerprint density at radius 2 is 1.88 bits per heavy atom. The third kappa shape index (κ3) is 3.83. The number of nitrogens with zero attached hydrogens (tertiary/aromatic N) is 2. The Bertz CT molecular complexity index is 677. The van der Waals surface area contributed by atoms with E-state index in [0.29, 0.717) is 24.1 Å². The summed E-state index contributed by atoms with van der Waals surface area (Å²) < 4.78 is 0. The molecule has 0 aromatic heterocycles. The van der Waals surface area contributed by atoms with Gasteiger partial charge in [-0.15, -0.1) is 0 Å². The minimum absolute atomic E-state index is 0.486. The number of benzene rings is 1. The van der Waals surface area contributed by atoms with Gasteiger partial charge >= 0.3 is 0 Å². The number of aliphatic hydroxyl groups is 3. The second kappa shape index (κ2) is 7.12. The molecule has 2 fully saturated rings. The summed E-state index contributed by atoms with van der Waals surface area (Å²) >= 11 is 0. The summed E-state index contributed by atoms with van der Waals surface area (Å²) in [5, 5.41) is 34.7. The molecule has 2 heterocycles. The third-order valence-corrected chi connectivity index (χ3v) is 5.86. The molecular weight excluding hydrogens is 330 g/mol. The Labute approximate surface area is 153 Å². The van der Waals surface area contributed by atoms with Crippen molar-refractivity contribution in [2.24, 2.45) is 16.9 Å². The summed E-state index contributed by atoms with van der Waals surface area (Å²) in [5.74, 6) is 0.972. The van der Waals surface area contributed by atoms with Crippen molar-refractivity contribution >= 4 is 5.71 Å². The highest BCUT2D eigenvalue weighted by molar-refractivity contribution is 5.98. The molecule has 0 radical (unpaired) electrons. The molecule has 1 aliphatic carbocycles. The van der Waals surface area contributed by atoms with Gasteiger partial charge in [-0.2, -0.15) is 5.10 Å². The van der Waals surface area contributed by atoms with E-state index in [4.69, 9.17) is 0 Å². The van der Waals surface area contributed by atoms with Crippen LogP contribution in [0.25, 0.3) is 0 Å². The van der Waals surface area contributed by atoms with Crippen LogP contribution in [-0.4, -0.2) is 63.5 Å². The van der Waals surface area contributed by atoms with Gasteiger partial charge in [-0.25, -0.2) is 0 Å². The lowest BCUT2D eigenvalue weighted by Crippen LogP contribution is -2.39. The number of likely N-dealkylation sites (tertiary alicyclic amines) is 1. The van der Waals surface area contributed by atoms with E-state index >= 15 is 0 Å². The van der Waals surface area contributed by atoms with Crippen LogP contribution in [0, 0.1) is 11.8 Å². The second-order valence-corrected chi connectivity index (χ2v) is 8.02. The van der Waals surface area contributed by atoms with E-state index in [2.05, 4.69) is 27.6 Å². The van der Waals surface area contributed by atoms with E-state index in [1.54, 1.807) is 12.2 Å².